The number of aromatic nitrogens is 1. The number of hydrogen-bond acceptors (Lipinski definition) is 3. The van der Waals surface area contributed by atoms with Gasteiger partial charge in [-0.25, -0.2) is 4.39 Å². The molecular weight excluding hydrogens is 409 g/mol. The van der Waals surface area contributed by atoms with Crippen molar-refractivity contribution in [3.63, 3.8) is 0 Å². The van der Waals surface area contributed by atoms with E-state index in [0.717, 1.165) is 61.5 Å². The van der Waals surface area contributed by atoms with Crippen LogP contribution in [0.4, 0.5) is 4.39 Å². The van der Waals surface area contributed by atoms with Crippen molar-refractivity contribution in [1.82, 2.24) is 9.88 Å². The predicted octanol–water partition coefficient (Wildman–Crippen LogP) is 5.33. The Labute approximate surface area is 187 Å². The van der Waals surface area contributed by atoms with Crippen molar-refractivity contribution >= 4 is 28.6 Å². The van der Waals surface area contributed by atoms with Crippen LogP contribution in [-0.4, -0.2) is 41.2 Å². The lowest BCUT2D eigenvalue weighted by Gasteiger charge is -2.32. The van der Waals surface area contributed by atoms with E-state index in [4.69, 9.17) is 5.73 Å². The molecule has 0 bridgehead atoms. The number of nitrogens with zero attached hydrogens (tertiary/aromatic N) is 1. The predicted molar refractivity (Wildman–Crippen MR) is 126 cm³/mol. The molecule has 0 aliphatic carbocycles. The van der Waals surface area contributed by atoms with E-state index in [0.29, 0.717) is 11.5 Å². The van der Waals surface area contributed by atoms with E-state index in [2.05, 4.69) is 22.9 Å². The molecule has 0 radical (unpaired) electrons. The van der Waals surface area contributed by atoms with E-state index in [-0.39, 0.29) is 11.7 Å². The SMILES string of the molecule is CCc1[nH]c2cc(C(N)=O)ccc2c1C1CCN(CCCSc2ccc(F)cc2)CC1. The van der Waals surface area contributed by atoms with Gasteiger partial charge in [0, 0.05) is 27.1 Å². The maximum Gasteiger partial charge on any atom is 0.248 e. The number of likely N-dealkylation sites (tertiary alicyclic amines) is 1. The van der Waals surface area contributed by atoms with E-state index in [1.807, 2.05) is 24.3 Å². The number of hydrogen-bond donors (Lipinski definition) is 2. The third kappa shape index (κ3) is 5.13. The summed E-state index contributed by atoms with van der Waals surface area (Å²) in [5.41, 5.74) is 9.74. The van der Waals surface area contributed by atoms with Crippen LogP contribution in [0.5, 0.6) is 0 Å². The molecule has 0 spiro atoms. The quantitative estimate of drug-likeness (QED) is 0.368. The molecule has 3 aromatic rings. The zero-order valence-electron chi connectivity index (χ0n) is 18.0. The van der Waals surface area contributed by atoms with Gasteiger partial charge < -0.3 is 15.6 Å². The number of carbonyl (C=O) groups is 1. The monoisotopic (exact) mass is 439 g/mol. The first kappa shape index (κ1) is 21.9. The summed E-state index contributed by atoms with van der Waals surface area (Å²) in [5.74, 6) is 1.04. The van der Waals surface area contributed by atoms with Crippen molar-refractivity contribution in [2.75, 3.05) is 25.4 Å². The number of fused-ring (bicyclic) bond motifs is 1. The van der Waals surface area contributed by atoms with Crippen LogP contribution in [-0.2, 0) is 6.42 Å². The molecule has 6 heteroatoms. The summed E-state index contributed by atoms with van der Waals surface area (Å²) in [5, 5.41) is 1.23. The Bertz CT molecular complexity index is 1040. The second kappa shape index (κ2) is 9.88. The summed E-state index contributed by atoms with van der Waals surface area (Å²) in [7, 11) is 0. The molecule has 2 aromatic carbocycles. The number of aromatic amines is 1. The summed E-state index contributed by atoms with van der Waals surface area (Å²) in [4.78, 5) is 18.8. The second-order valence-electron chi connectivity index (χ2n) is 8.27. The van der Waals surface area contributed by atoms with Crippen molar-refractivity contribution in [1.29, 1.82) is 0 Å². The summed E-state index contributed by atoms with van der Waals surface area (Å²) in [6, 6.07) is 12.5. The maximum absolute atomic E-state index is 13.0. The number of thioether (sulfide) groups is 1. The van der Waals surface area contributed by atoms with Gasteiger partial charge in [0.15, 0.2) is 0 Å². The highest BCUT2D eigenvalue weighted by molar-refractivity contribution is 7.99. The molecule has 1 aliphatic rings. The van der Waals surface area contributed by atoms with Gasteiger partial charge in [-0.15, -0.1) is 11.8 Å². The van der Waals surface area contributed by atoms with Crippen LogP contribution in [0.3, 0.4) is 0 Å². The third-order valence-electron chi connectivity index (χ3n) is 6.26. The Balaban J connectivity index is 1.32. The highest BCUT2D eigenvalue weighted by Crippen LogP contribution is 2.36. The largest absolute Gasteiger partial charge is 0.366 e. The van der Waals surface area contributed by atoms with Gasteiger partial charge in [0.25, 0.3) is 0 Å². The molecule has 2 heterocycles. The molecule has 4 rings (SSSR count). The Morgan fingerprint density at radius 1 is 1.19 bits per heavy atom. The van der Waals surface area contributed by atoms with E-state index >= 15 is 0 Å². The van der Waals surface area contributed by atoms with Gasteiger partial charge in [0.1, 0.15) is 5.82 Å². The van der Waals surface area contributed by atoms with Gasteiger partial charge in [0.2, 0.25) is 5.91 Å². The smallest absolute Gasteiger partial charge is 0.248 e. The molecule has 1 aliphatic heterocycles. The van der Waals surface area contributed by atoms with Crippen molar-refractivity contribution in [3.8, 4) is 0 Å². The maximum atomic E-state index is 13.0. The fourth-order valence-electron chi connectivity index (χ4n) is 4.63. The Morgan fingerprint density at radius 2 is 1.94 bits per heavy atom. The number of benzene rings is 2. The number of aryl methyl sites for hydroxylation is 1. The molecule has 1 amide bonds. The number of nitrogens with two attached hydrogens (primary N) is 1. The molecule has 1 saturated heterocycles. The average molecular weight is 440 g/mol. The standard InChI is InChI=1S/C25H30FN3OS/c1-2-22-24(21-9-4-18(25(27)30)16-23(21)28-22)17-10-13-29(14-11-17)12-3-15-31-20-7-5-19(26)6-8-20/h4-9,16-17,28H,2-3,10-15H2,1H3,(H2,27,30). The van der Waals surface area contributed by atoms with Gasteiger partial charge in [-0.05, 0) is 98.9 Å². The third-order valence-corrected chi connectivity index (χ3v) is 7.35. The molecule has 1 fully saturated rings. The zero-order chi connectivity index (χ0) is 21.8. The van der Waals surface area contributed by atoms with E-state index in [1.165, 1.54) is 28.8 Å². The summed E-state index contributed by atoms with van der Waals surface area (Å²) in [6.45, 7) is 5.51. The van der Waals surface area contributed by atoms with E-state index in [9.17, 15) is 9.18 Å². The number of halogens is 1. The summed E-state index contributed by atoms with van der Waals surface area (Å²) >= 11 is 1.80. The molecular formula is C25H30FN3OS. The summed E-state index contributed by atoms with van der Waals surface area (Å²) < 4.78 is 13.0. The van der Waals surface area contributed by atoms with Crippen molar-refractivity contribution in [3.05, 3.63) is 65.1 Å². The number of nitrogens with one attached hydrogen (secondary N) is 1. The average Bonchev–Trinajstić information content (AvgIpc) is 3.16. The van der Waals surface area contributed by atoms with E-state index < -0.39 is 0 Å². The van der Waals surface area contributed by atoms with Crippen molar-refractivity contribution < 1.29 is 9.18 Å². The fraction of sp³-hybridized carbons (Fsp3) is 0.400. The minimum absolute atomic E-state index is 0.179. The Kier molecular flexibility index (Phi) is 6.98. The van der Waals surface area contributed by atoms with Crippen LogP contribution in [0.2, 0.25) is 0 Å². The minimum atomic E-state index is -0.387. The van der Waals surface area contributed by atoms with Crippen LogP contribution in [0, 0.1) is 5.82 Å². The lowest BCUT2D eigenvalue weighted by molar-refractivity contribution is 0.100. The number of rotatable bonds is 8. The van der Waals surface area contributed by atoms with Crippen LogP contribution < -0.4 is 5.73 Å². The molecule has 0 saturated carbocycles. The van der Waals surface area contributed by atoms with E-state index in [1.54, 1.807) is 11.8 Å². The molecule has 1 aromatic heterocycles. The first-order chi connectivity index (χ1) is 15.0. The van der Waals surface area contributed by atoms with Gasteiger partial charge in [-0.1, -0.05) is 13.0 Å². The van der Waals surface area contributed by atoms with Gasteiger partial charge in [-0.3, -0.25) is 4.79 Å². The first-order valence-electron chi connectivity index (χ1n) is 11.1. The number of piperidine rings is 1. The fourth-order valence-corrected chi connectivity index (χ4v) is 5.47. The molecule has 0 atom stereocenters. The molecule has 164 valence electrons. The zero-order valence-corrected chi connectivity index (χ0v) is 18.8. The topological polar surface area (TPSA) is 62.1 Å². The Hall–Kier alpha value is -2.31. The van der Waals surface area contributed by atoms with Crippen LogP contribution in [0.1, 0.15) is 53.7 Å². The second-order valence-corrected chi connectivity index (χ2v) is 9.44. The van der Waals surface area contributed by atoms with Crippen LogP contribution in [0.15, 0.2) is 47.4 Å². The molecule has 3 N–H and O–H groups in total. The highest BCUT2D eigenvalue weighted by atomic mass is 32.2. The number of amides is 1. The van der Waals surface area contributed by atoms with Crippen LogP contribution >= 0.6 is 11.8 Å². The molecule has 0 unspecified atom stereocenters. The molecule has 31 heavy (non-hydrogen) atoms. The normalized spacial score (nSPS) is 15.5. The minimum Gasteiger partial charge on any atom is -0.366 e. The lowest BCUT2D eigenvalue weighted by atomic mass is 9.86. The van der Waals surface area contributed by atoms with Crippen molar-refractivity contribution in [2.45, 2.75) is 43.4 Å². The van der Waals surface area contributed by atoms with Crippen LogP contribution in [0.25, 0.3) is 10.9 Å². The number of carbonyl (C=O) groups excluding carboxylic acids is 1. The number of H-pyrrole nitrogens is 1. The lowest BCUT2D eigenvalue weighted by Crippen LogP contribution is -2.34. The molecule has 4 nitrogen and oxygen atoms in total. The Morgan fingerprint density at radius 3 is 2.61 bits per heavy atom. The van der Waals surface area contributed by atoms with Gasteiger partial charge in [-0.2, -0.15) is 0 Å². The summed E-state index contributed by atoms with van der Waals surface area (Å²) in [6.07, 6.45) is 4.40. The van der Waals surface area contributed by atoms with Gasteiger partial charge >= 0.3 is 0 Å². The highest BCUT2D eigenvalue weighted by Gasteiger charge is 2.25. The van der Waals surface area contributed by atoms with Crippen molar-refractivity contribution in [2.24, 2.45) is 5.73 Å². The number of primary amides is 1. The van der Waals surface area contributed by atoms with Gasteiger partial charge in [0.05, 0.1) is 0 Å². The first-order valence-corrected chi connectivity index (χ1v) is 12.1.